The largest absolute Gasteiger partial charge is 0.497 e. The monoisotopic (exact) mass is 399 g/mol. The van der Waals surface area contributed by atoms with Gasteiger partial charge in [-0.15, -0.1) is 0 Å². The number of aromatic carboxylic acids is 1. The maximum absolute atomic E-state index is 12.4. The lowest BCUT2D eigenvalue weighted by Crippen LogP contribution is -2.48. The second-order valence-corrected chi connectivity index (χ2v) is 6.73. The highest BCUT2D eigenvalue weighted by Gasteiger charge is 2.20. The van der Waals surface area contributed by atoms with Crippen LogP contribution in [0.3, 0.4) is 0 Å². The molecule has 0 unspecified atom stereocenters. The SMILES string of the molecule is COc1ccc(N2CCN(CC(=O)Nc3ccc(OC)cc3C(=O)O)CC2)cc1. The molecule has 0 atom stereocenters. The average Bonchev–Trinajstić information content (AvgIpc) is 2.74. The Morgan fingerprint density at radius 2 is 1.59 bits per heavy atom. The number of ether oxygens (including phenoxy) is 2. The number of carbonyl (C=O) groups is 2. The van der Waals surface area contributed by atoms with Crippen LogP contribution in [0.1, 0.15) is 10.4 Å². The molecule has 2 aromatic carbocycles. The topological polar surface area (TPSA) is 91.3 Å². The van der Waals surface area contributed by atoms with Gasteiger partial charge in [0.2, 0.25) is 5.91 Å². The minimum Gasteiger partial charge on any atom is -0.497 e. The smallest absolute Gasteiger partial charge is 0.337 e. The maximum atomic E-state index is 12.4. The van der Waals surface area contributed by atoms with E-state index in [0.29, 0.717) is 5.75 Å². The fourth-order valence-electron chi connectivity index (χ4n) is 3.29. The summed E-state index contributed by atoms with van der Waals surface area (Å²) in [7, 11) is 3.11. The van der Waals surface area contributed by atoms with Crippen molar-refractivity contribution in [2.24, 2.45) is 0 Å². The number of piperazine rings is 1. The molecular formula is C21H25N3O5. The first-order valence-electron chi connectivity index (χ1n) is 9.32. The van der Waals surface area contributed by atoms with Crippen LogP contribution in [0.15, 0.2) is 42.5 Å². The summed E-state index contributed by atoms with van der Waals surface area (Å²) >= 11 is 0. The van der Waals surface area contributed by atoms with E-state index in [9.17, 15) is 14.7 Å². The molecule has 1 saturated heterocycles. The number of amides is 1. The molecule has 0 saturated carbocycles. The maximum Gasteiger partial charge on any atom is 0.337 e. The van der Waals surface area contributed by atoms with Crippen LogP contribution in [0.5, 0.6) is 11.5 Å². The predicted octanol–water partition coefficient (Wildman–Crippen LogP) is 2.16. The van der Waals surface area contributed by atoms with E-state index in [4.69, 9.17) is 9.47 Å². The Bertz CT molecular complexity index is 861. The van der Waals surface area contributed by atoms with E-state index in [1.54, 1.807) is 19.2 Å². The lowest BCUT2D eigenvalue weighted by molar-refractivity contribution is -0.117. The first kappa shape index (κ1) is 20.5. The summed E-state index contributed by atoms with van der Waals surface area (Å²) in [6.07, 6.45) is 0. The van der Waals surface area contributed by atoms with Gasteiger partial charge in [-0.1, -0.05) is 0 Å². The molecule has 1 aliphatic heterocycles. The summed E-state index contributed by atoms with van der Waals surface area (Å²) in [5.41, 5.74) is 1.39. The molecule has 0 aromatic heterocycles. The summed E-state index contributed by atoms with van der Waals surface area (Å²) < 4.78 is 10.2. The zero-order valence-electron chi connectivity index (χ0n) is 16.6. The molecule has 0 aliphatic carbocycles. The zero-order chi connectivity index (χ0) is 20.8. The van der Waals surface area contributed by atoms with Gasteiger partial charge in [0.05, 0.1) is 32.0 Å². The van der Waals surface area contributed by atoms with Crippen molar-refractivity contribution < 1.29 is 24.2 Å². The first-order valence-corrected chi connectivity index (χ1v) is 9.32. The zero-order valence-corrected chi connectivity index (χ0v) is 16.6. The quantitative estimate of drug-likeness (QED) is 0.737. The van der Waals surface area contributed by atoms with E-state index in [1.807, 2.05) is 24.3 Å². The van der Waals surface area contributed by atoms with E-state index in [2.05, 4.69) is 15.1 Å². The van der Waals surface area contributed by atoms with Crippen molar-refractivity contribution >= 4 is 23.3 Å². The molecule has 0 bridgehead atoms. The van der Waals surface area contributed by atoms with Crippen molar-refractivity contribution in [3.63, 3.8) is 0 Å². The number of carboxylic acids is 1. The molecule has 3 rings (SSSR count). The van der Waals surface area contributed by atoms with Gasteiger partial charge in [0.1, 0.15) is 11.5 Å². The first-order chi connectivity index (χ1) is 14.0. The lowest BCUT2D eigenvalue weighted by atomic mass is 10.1. The van der Waals surface area contributed by atoms with Crippen LogP contribution < -0.4 is 19.7 Å². The Kier molecular flexibility index (Phi) is 6.56. The Balaban J connectivity index is 1.54. The van der Waals surface area contributed by atoms with Crippen LogP contribution in [0.25, 0.3) is 0 Å². The molecule has 0 spiro atoms. The lowest BCUT2D eigenvalue weighted by Gasteiger charge is -2.35. The number of benzene rings is 2. The molecule has 29 heavy (non-hydrogen) atoms. The number of carbonyl (C=O) groups excluding carboxylic acids is 1. The Hall–Kier alpha value is -3.26. The molecule has 1 heterocycles. The second kappa shape index (κ2) is 9.29. The number of hydrogen-bond donors (Lipinski definition) is 2. The molecule has 0 radical (unpaired) electrons. The molecule has 154 valence electrons. The van der Waals surface area contributed by atoms with Gasteiger partial charge in [-0.25, -0.2) is 4.79 Å². The third-order valence-corrected chi connectivity index (χ3v) is 4.91. The van der Waals surface area contributed by atoms with Crippen LogP contribution >= 0.6 is 0 Å². The number of carboxylic acid groups (broad SMARTS) is 1. The molecule has 1 aliphatic rings. The van der Waals surface area contributed by atoms with Crippen molar-refractivity contribution in [1.29, 1.82) is 0 Å². The summed E-state index contributed by atoms with van der Waals surface area (Å²) in [6.45, 7) is 3.31. The van der Waals surface area contributed by atoms with Crippen molar-refractivity contribution in [1.82, 2.24) is 4.90 Å². The van der Waals surface area contributed by atoms with Crippen molar-refractivity contribution in [3.05, 3.63) is 48.0 Å². The molecule has 8 heteroatoms. The number of rotatable bonds is 7. The van der Waals surface area contributed by atoms with Crippen LogP contribution in [0.4, 0.5) is 11.4 Å². The van der Waals surface area contributed by atoms with Crippen LogP contribution in [0.2, 0.25) is 0 Å². The van der Waals surface area contributed by atoms with E-state index in [1.165, 1.54) is 13.2 Å². The van der Waals surface area contributed by atoms with Gasteiger partial charge in [-0.2, -0.15) is 0 Å². The van der Waals surface area contributed by atoms with Crippen LogP contribution in [0, 0.1) is 0 Å². The van der Waals surface area contributed by atoms with Gasteiger partial charge in [-0.05, 0) is 42.5 Å². The Morgan fingerprint density at radius 1 is 0.966 bits per heavy atom. The summed E-state index contributed by atoms with van der Waals surface area (Å²) in [4.78, 5) is 28.2. The molecule has 8 nitrogen and oxygen atoms in total. The Labute approximate surface area is 169 Å². The number of nitrogens with zero attached hydrogens (tertiary/aromatic N) is 2. The summed E-state index contributed by atoms with van der Waals surface area (Å²) in [5.74, 6) is -0.110. The predicted molar refractivity (Wildman–Crippen MR) is 110 cm³/mol. The van der Waals surface area contributed by atoms with Crippen LogP contribution in [-0.2, 0) is 4.79 Å². The summed E-state index contributed by atoms with van der Waals surface area (Å²) in [5, 5.41) is 12.1. The molecule has 1 fully saturated rings. The van der Waals surface area contributed by atoms with Gasteiger partial charge in [0, 0.05) is 31.9 Å². The van der Waals surface area contributed by atoms with E-state index in [-0.39, 0.29) is 23.7 Å². The molecule has 1 amide bonds. The third kappa shape index (κ3) is 5.17. The van der Waals surface area contributed by atoms with Crippen molar-refractivity contribution in [3.8, 4) is 11.5 Å². The molecule has 2 aromatic rings. The van der Waals surface area contributed by atoms with E-state index in [0.717, 1.165) is 37.6 Å². The number of methoxy groups -OCH3 is 2. The van der Waals surface area contributed by atoms with Crippen molar-refractivity contribution in [2.75, 3.05) is 57.2 Å². The minimum atomic E-state index is -1.12. The van der Waals surface area contributed by atoms with Gasteiger partial charge in [-0.3, -0.25) is 9.69 Å². The summed E-state index contributed by atoms with van der Waals surface area (Å²) in [6, 6.07) is 12.5. The molecule has 2 N–H and O–H groups in total. The van der Waals surface area contributed by atoms with Gasteiger partial charge in [0.15, 0.2) is 0 Å². The molecular weight excluding hydrogens is 374 g/mol. The van der Waals surface area contributed by atoms with Crippen molar-refractivity contribution in [2.45, 2.75) is 0 Å². The second-order valence-electron chi connectivity index (χ2n) is 6.73. The van der Waals surface area contributed by atoms with E-state index >= 15 is 0 Å². The highest BCUT2D eigenvalue weighted by atomic mass is 16.5. The number of nitrogens with one attached hydrogen (secondary N) is 1. The van der Waals surface area contributed by atoms with Gasteiger partial charge in [0.25, 0.3) is 0 Å². The van der Waals surface area contributed by atoms with E-state index < -0.39 is 5.97 Å². The fraction of sp³-hybridized carbons (Fsp3) is 0.333. The normalized spacial score (nSPS) is 14.3. The standard InChI is InChI=1S/C21H25N3O5/c1-28-16-5-3-15(4-6-16)24-11-9-23(10-12-24)14-20(25)22-19-8-7-17(29-2)13-18(19)21(26)27/h3-8,13H,9-12,14H2,1-2H3,(H,22,25)(H,26,27). The highest BCUT2D eigenvalue weighted by molar-refractivity contribution is 6.01. The average molecular weight is 399 g/mol. The highest BCUT2D eigenvalue weighted by Crippen LogP contribution is 2.23. The van der Waals surface area contributed by atoms with Gasteiger partial charge < -0.3 is 24.8 Å². The van der Waals surface area contributed by atoms with Gasteiger partial charge >= 0.3 is 5.97 Å². The minimum absolute atomic E-state index is 0.00188. The number of hydrogen-bond acceptors (Lipinski definition) is 6. The number of anilines is 2. The fourth-order valence-corrected chi connectivity index (χ4v) is 3.29. The van der Waals surface area contributed by atoms with Crippen LogP contribution in [-0.4, -0.2) is 68.8 Å². The Morgan fingerprint density at radius 3 is 2.17 bits per heavy atom. The third-order valence-electron chi connectivity index (χ3n) is 4.91.